The van der Waals surface area contributed by atoms with Gasteiger partial charge in [-0.1, -0.05) is 18.2 Å². The zero-order valence-electron chi connectivity index (χ0n) is 18.5. The van der Waals surface area contributed by atoms with Gasteiger partial charge < -0.3 is 10.6 Å². The summed E-state index contributed by atoms with van der Waals surface area (Å²) in [5.74, 6) is -0.569. The Hall–Kier alpha value is -2.82. The number of carbonyl (C=O) groups excluding carboxylic acids is 2. The van der Waals surface area contributed by atoms with Gasteiger partial charge in [0.15, 0.2) is 0 Å². The van der Waals surface area contributed by atoms with Gasteiger partial charge in [-0.05, 0) is 44.0 Å². The topological polar surface area (TPSA) is 112 Å². The Bertz CT molecular complexity index is 1050. The first kappa shape index (κ1) is 23.8. The predicted molar refractivity (Wildman–Crippen MR) is 122 cm³/mol. The number of rotatable bonds is 7. The van der Waals surface area contributed by atoms with Crippen molar-refractivity contribution in [2.75, 3.05) is 38.0 Å². The SMILES string of the molecule is Cc1cccc(C)c1NC(=O)CNC(=O)C(C)N1CCN(S(=O)(=O)c2cccnc2)CC1. The van der Waals surface area contributed by atoms with E-state index in [9.17, 15) is 18.0 Å². The molecule has 0 radical (unpaired) electrons. The lowest BCUT2D eigenvalue weighted by molar-refractivity contribution is -0.128. The number of aryl methyl sites for hydroxylation is 2. The van der Waals surface area contributed by atoms with E-state index < -0.39 is 16.1 Å². The highest BCUT2D eigenvalue weighted by Crippen LogP contribution is 2.19. The molecule has 2 amide bonds. The normalized spacial score (nSPS) is 16.3. The van der Waals surface area contributed by atoms with Crippen LogP contribution in [0.1, 0.15) is 18.1 Å². The van der Waals surface area contributed by atoms with Gasteiger partial charge in [0, 0.05) is 44.3 Å². The van der Waals surface area contributed by atoms with Crippen LogP contribution in [0, 0.1) is 13.8 Å². The molecule has 1 aromatic carbocycles. The summed E-state index contributed by atoms with van der Waals surface area (Å²) >= 11 is 0. The lowest BCUT2D eigenvalue weighted by atomic mass is 10.1. The highest BCUT2D eigenvalue weighted by atomic mass is 32.2. The zero-order valence-corrected chi connectivity index (χ0v) is 19.4. The lowest BCUT2D eigenvalue weighted by Crippen LogP contribution is -2.55. The van der Waals surface area contributed by atoms with Crippen LogP contribution in [0.2, 0.25) is 0 Å². The van der Waals surface area contributed by atoms with Crippen LogP contribution in [0.15, 0.2) is 47.6 Å². The number of pyridine rings is 1. The first-order valence-electron chi connectivity index (χ1n) is 10.5. The molecule has 0 saturated carbocycles. The minimum atomic E-state index is -3.60. The van der Waals surface area contributed by atoms with Crippen LogP contribution < -0.4 is 10.6 Å². The summed E-state index contributed by atoms with van der Waals surface area (Å²) in [6.45, 7) is 6.85. The van der Waals surface area contributed by atoms with Crippen LogP contribution in [0.3, 0.4) is 0 Å². The van der Waals surface area contributed by atoms with E-state index in [0.717, 1.165) is 16.8 Å². The Kier molecular flexibility index (Phi) is 7.60. The third-order valence-electron chi connectivity index (χ3n) is 5.64. The Morgan fingerprint density at radius 1 is 1.06 bits per heavy atom. The van der Waals surface area contributed by atoms with Crippen LogP contribution in [-0.4, -0.2) is 73.2 Å². The molecular weight excluding hydrogens is 430 g/mol. The van der Waals surface area contributed by atoms with Gasteiger partial charge in [-0.2, -0.15) is 4.31 Å². The van der Waals surface area contributed by atoms with Crippen LogP contribution >= 0.6 is 0 Å². The number of benzene rings is 1. The molecule has 1 aliphatic heterocycles. The summed E-state index contributed by atoms with van der Waals surface area (Å²) in [6, 6.07) is 8.38. The van der Waals surface area contributed by atoms with Crippen molar-refractivity contribution in [3.05, 3.63) is 53.9 Å². The van der Waals surface area contributed by atoms with Crippen LogP contribution in [0.5, 0.6) is 0 Å². The monoisotopic (exact) mass is 459 g/mol. The first-order chi connectivity index (χ1) is 15.2. The van der Waals surface area contributed by atoms with E-state index in [-0.39, 0.29) is 36.3 Å². The van der Waals surface area contributed by atoms with E-state index in [1.54, 1.807) is 13.0 Å². The van der Waals surface area contributed by atoms with Crippen molar-refractivity contribution in [1.82, 2.24) is 19.5 Å². The fraction of sp³-hybridized carbons (Fsp3) is 0.409. The molecule has 172 valence electrons. The van der Waals surface area contributed by atoms with Crippen molar-refractivity contribution in [3.8, 4) is 0 Å². The maximum absolute atomic E-state index is 12.7. The van der Waals surface area contributed by atoms with Crippen molar-refractivity contribution < 1.29 is 18.0 Å². The minimum Gasteiger partial charge on any atom is -0.346 e. The summed E-state index contributed by atoms with van der Waals surface area (Å²) in [6.07, 6.45) is 2.86. The molecular formula is C22H29N5O4S. The Labute approximate surface area is 188 Å². The predicted octanol–water partition coefficient (Wildman–Crippen LogP) is 1.15. The molecule has 9 nitrogen and oxygen atoms in total. The summed E-state index contributed by atoms with van der Waals surface area (Å²) in [5, 5.41) is 5.52. The number of carbonyl (C=O) groups is 2. The second-order valence-electron chi connectivity index (χ2n) is 7.84. The lowest BCUT2D eigenvalue weighted by Gasteiger charge is -2.36. The van der Waals surface area contributed by atoms with E-state index in [2.05, 4.69) is 15.6 Å². The molecule has 1 aliphatic rings. The molecule has 0 spiro atoms. The molecule has 2 N–H and O–H groups in total. The maximum atomic E-state index is 12.7. The number of hydrogen-bond acceptors (Lipinski definition) is 6. The molecule has 32 heavy (non-hydrogen) atoms. The summed E-state index contributed by atoms with van der Waals surface area (Å²) in [7, 11) is -3.60. The second-order valence-corrected chi connectivity index (χ2v) is 9.78. The molecule has 1 fully saturated rings. The number of para-hydroxylation sites is 1. The molecule has 10 heteroatoms. The molecule has 0 bridgehead atoms. The number of nitrogens with zero attached hydrogens (tertiary/aromatic N) is 3. The van der Waals surface area contributed by atoms with Crippen molar-refractivity contribution >= 4 is 27.5 Å². The zero-order chi connectivity index (χ0) is 23.3. The van der Waals surface area contributed by atoms with Crippen LogP contribution in [-0.2, 0) is 19.6 Å². The highest BCUT2D eigenvalue weighted by Gasteiger charge is 2.32. The van der Waals surface area contributed by atoms with Crippen LogP contribution in [0.25, 0.3) is 0 Å². The van der Waals surface area contributed by atoms with E-state index in [0.29, 0.717) is 13.1 Å². The minimum absolute atomic E-state index is 0.133. The average Bonchev–Trinajstić information content (AvgIpc) is 2.80. The molecule has 3 rings (SSSR count). The standard InChI is InChI=1S/C22H29N5O4S/c1-16-6-4-7-17(2)21(16)25-20(28)15-24-22(29)18(3)26-10-12-27(13-11-26)32(30,31)19-8-5-9-23-14-19/h4-9,14,18H,10-13,15H2,1-3H3,(H,24,29)(H,25,28). The summed E-state index contributed by atoms with van der Waals surface area (Å²) in [5.41, 5.74) is 2.67. The first-order valence-corrected chi connectivity index (χ1v) is 11.9. The number of anilines is 1. The molecule has 1 aromatic heterocycles. The molecule has 2 heterocycles. The molecule has 2 aromatic rings. The third-order valence-corrected chi connectivity index (χ3v) is 7.52. The van der Waals surface area contributed by atoms with Gasteiger partial charge in [-0.3, -0.25) is 19.5 Å². The van der Waals surface area contributed by atoms with Crippen LogP contribution in [0.4, 0.5) is 5.69 Å². The number of hydrogen-bond donors (Lipinski definition) is 2. The van der Waals surface area contributed by atoms with Gasteiger partial charge in [-0.15, -0.1) is 0 Å². The highest BCUT2D eigenvalue weighted by molar-refractivity contribution is 7.89. The van der Waals surface area contributed by atoms with Gasteiger partial charge in [0.25, 0.3) is 0 Å². The van der Waals surface area contributed by atoms with Gasteiger partial charge in [-0.25, -0.2) is 8.42 Å². The Morgan fingerprint density at radius 3 is 2.31 bits per heavy atom. The molecule has 1 unspecified atom stereocenters. The van der Waals surface area contributed by atoms with Gasteiger partial charge in [0.2, 0.25) is 21.8 Å². The summed E-state index contributed by atoms with van der Waals surface area (Å²) in [4.78, 5) is 30.8. The molecule has 1 saturated heterocycles. The number of aromatic nitrogens is 1. The molecule has 1 atom stereocenters. The second kappa shape index (κ2) is 10.2. The van der Waals surface area contributed by atoms with Gasteiger partial charge >= 0.3 is 0 Å². The van der Waals surface area contributed by atoms with Gasteiger partial charge in [0.05, 0.1) is 12.6 Å². The van der Waals surface area contributed by atoms with E-state index >= 15 is 0 Å². The summed E-state index contributed by atoms with van der Waals surface area (Å²) < 4.78 is 26.8. The van der Waals surface area contributed by atoms with Crippen molar-refractivity contribution in [1.29, 1.82) is 0 Å². The maximum Gasteiger partial charge on any atom is 0.244 e. The van der Waals surface area contributed by atoms with E-state index in [1.165, 1.54) is 22.8 Å². The number of piperazine rings is 1. The fourth-order valence-electron chi connectivity index (χ4n) is 3.66. The van der Waals surface area contributed by atoms with Gasteiger partial charge in [0.1, 0.15) is 4.90 Å². The number of nitrogens with one attached hydrogen (secondary N) is 2. The fourth-order valence-corrected chi connectivity index (χ4v) is 5.04. The Morgan fingerprint density at radius 2 is 1.72 bits per heavy atom. The van der Waals surface area contributed by atoms with E-state index in [4.69, 9.17) is 0 Å². The largest absolute Gasteiger partial charge is 0.346 e. The van der Waals surface area contributed by atoms with Crippen molar-refractivity contribution in [3.63, 3.8) is 0 Å². The quantitative estimate of drug-likeness (QED) is 0.643. The average molecular weight is 460 g/mol. The van der Waals surface area contributed by atoms with E-state index in [1.807, 2.05) is 36.9 Å². The third kappa shape index (κ3) is 5.50. The number of amides is 2. The van der Waals surface area contributed by atoms with Crippen molar-refractivity contribution in [2.45, 2.75) is 31.7 Å². The smallest absolute Gasteiger partial charge is 0.244 e. The van der Waals surface area contributed by atoms with Crippen molar-refractivity contribution in [2.24, 2.45) is 0 Å². The molecule has 0 aliphatic carbocycles. The number of sulfonamides is 1. The Balaban J connectivity index is 1.49.